The number of aromatic nitrogens is 4. The van der Waals surface area contributed by atoms with Crippen LogP contribution in [0.2, 0.25) is 0 Å². The molecule has 0 saturated heterocycles. The van der Waals surface area contributed by atoms with Gasteiger partial charge in [0.1, 0.15) is 6.04 Å². The summed E-state index contributed by atoms with van der Waals surface area (Å²) >= 11 is 0. The molecule has 0 fully saturated rings. The maximum atomic E-state index is 10.9. The lowest BCUT2D eigenvalue weighted by atomic mass is 10.2. The van der Waals surface area contributed by atoms with Crippen molar-refractivity contribution >= 4 is 18.3 Å². The second kappa shape index (κ2) is 11.5. The Labute approximate surface area is 161 Å². The third-order valence-electron chi connectivity index (χ3n) is 3.65. The number of nitrogens with zero attached hydrogens (tertiary/aromatic N) is 5. The summed E-state index contributed by atoms with van der Waals surface area (Å²) in [5.74, 6) is -2.02. The molecule has 0 saturated carbocycles. The average Bonchev–Trinajstić information content (AvgIpc) is 3.23. The van der Waals surface area contributed by atoms with Crippen molar-refractivity contribution in [2.45, 2.75) is 24.9 Å². The van der Waals surface area contributed by atoms with E-state index >= 15 is 0 Å². The molecule has 0 aromatic carbocycles. The number of carbonyl (C=O) groups is 2. The highest BCUT2D eigenvalue weighted by Crippen LogP contribution is 2.05. The van der Waals surface area contributed by atoms with Gasteiger partial charge in [0.25, 0.3) is 0 Å². The fourth-order valence-electron chi connectivity index (χ4n) is 2.02. The number of aryl methyl sites for hydroxylation is 2. The van der Waals surface area contributed by atoms with E-state index < -0.39 is 24.0 Å². The molecule has 0 bridgehead atoms. The van der Waals surface area contributed by atoms with Crippen LogP contribution in [0.15, 0.2) is 30.0 Å². The predicted molar refractivity (Wildman–Crippen MR) is 97.4 cm³/mol. The predicted octanol–water partition coefficient (Wildman–Crippen LogP) is -0.603. The van der Waals surface area contributed by atoms with Crippen LogP contribution in [-0.2, 0) is 46.3 Å². The first-order chi connectivity index (χ1) is 13.3. The average molecular weight is 396 g/mol. The van der Waals surface area contributed by atoms with Gasteiger partial charge in [-0.25, -0.2) is 19.8 Å². The van der Waals surface area contributed by atoms with E-state index in [-0.39, 0.29) is 6.42 Å². The summed E-state index contributed by atoms with van der Waals surface area (Å²) in [6, 6.07) is -1.76. The summed E-state index contributed by atoms with van der Waals surface area (Å²) in [4.78, 5) is 41.4. The second-order valence-corrected chi connectivity index (χ2v) is 5.72. The summed E-state index contributed by atoms with van der Waals surface area (Å²) in [6.45, 7) is 0. The zero-order chi connectivity index (χ0) is 21.1. The molecule has 28 heavy (non-hydrogen) atoms. The first-order valence-corrected chi connectivity index (χ1v) is 8.08. The van der Waals surface area contributed by atoms with Crippen molar-refractivity contribution in [2.75, 3.05) is 7.11 Å². The summed E-state index contributed by atoms with van der Waals surface area (Å²) in [5.41, 5.74) is 6.94. The van der Waals surface area contributed by atoms with Crippen molar-refractivity contribution in [2.24, 2.45) is 24.8 Å². The first-order valence-electron chi connectivity index (χ1n) is 8.08. The molecule has 0 aliphatic rings. The van der Waals surface area contributed by atoms with Crippen LogP contribution in [-0.4, -0.2) is 66.8 Å². The molecule has 12 heteroatoms. The summed E-state index contributed by atoms with van der Waals surface area (Å²) in [7, 11) is 4.90. The Balaban J connectivity index is 0.000000292. The molecule has 12 nitrogen and oxygen atoms in total. The van der Waals surface area contributed by atoms with Crippen LogP contribution >= 0.6 is 0 Å². The van der Waals surface area contributed by atoms with Gasteiger partial charge >= 0.3 is 11.9 Å². The van der Waals surface area contributed by atoms with Crippen LogP contribution in [0.25, 0.3) is 0 Å². The second-order valence-electron chi connectivity index (χ2n) is 5.72. The van der Waals surface area contributed by atoms with Gasteiger partial charge in [-0.3, -0.25) is 4.79 Å². The maximum absolute atomic E-state index is 10.9. The van der Waals surface area contributed by atoms with E-state index in [9.17, 15) is 9.59 Å². The molecule has 0 aliphatic carbocycles. The van der Waals surface area contributed by atoms with Gasteiger partial charge in [-0.1, -0.05) is 0 Å². The number of rotatable bonds is 9. The molecule has 0 radical (unpaired) electrons. The Morgan fingerprint density at radius 2 is 1.68 bits per heavy atom. The zero-order valence-electron chi connectivity index (χ0n) is 15.8. The molecule has 4 N–H and O–H groups in total. The van der Waals surface area contributed by atoms with Crippen molar-refractivity contribution in [3.63, 3.8) is 0 Å². The van der Waals surface area contributed by atoms with Gasteiger partial charge in [0, 0.05) is 50.7 Å². The molecule has 2 atom stereocenters. The molecule has 154 valence electrons. The minimum Gasteiger partial charge on any atom is -0.480 e. The third-order valence-corrected chi connectivity index (χ3v) is 3.65. The van der Waals surface area contributed by atoms with E-state index in [4.69, 9.17) is 15.9 Å². The van der Waals surface area contributed by atoms with E-state index in [2.05, 4.69) is 24.7 Å². The highest BCUT2D eigenvalue weighted by atomic mass is 17.2. The fourth-order valence-corrected chi connectivity index (χ4v) is 2.02. The standard InChI is InChI=1S/C9H13N3O4.C7H11N3O2/c1-12-5-10-4-7(12)3-8(9(13)14)11-6-16-15-2;1-10-4-9-3-5(10)2-6(8)7(11)12/h4-6,8H,3H2,1-2H3,(H,13,14);3-4,6H,2,8H2,1H3,(H,11,12)/t8-;6-/m00/s1. The number of aliphatic imine (C=N–C) groups is 1. The van der Waals surface area contributed by atoms with Crippen LogP contribution in [0.3, 0.4) is 0 Å². The van der Waals surface area contributed by atoms with Crippen LogP contribution in [0.4, 0.5) is 0 Å². The Hall–Kier alpha value is -3.25. The highest BCUT2D eigenvalue weighted by Gasteiger charge is 2.18. The SMILES string of the molecule is COOC=N[C@@H](Cc1cncn1C)C(=O)O.Cn1cncc1C[C@H](N)C(=O)O. The minimum atomic E-state index is -1.03. The molecule has 2 aromatic heterocycles. The van der Waals surface area contributed by atoms with E-state index in [1.54, 1.807) is 48.3 Å². The topological polar surface area (TPSA) is 167 Å². The molecule has 0 unspecified atom stereocenters. The van der Waals surface area contributed by atoms with Crippen molar-refractivity contribution in [3.05, 3.63) is 36.4 Å². The van der Waals surface area contributed by atoms with Gasteiger partial charge in [-0.15, -0.1) is 0 Å². The molecule has 0 amide bonds. The lowest BCUT2D eigenvalue weighted by Crippen LogP contribution is -2.32. The zero-order valence-corrected chi connectivity index (χ0v) is 15.8. The number of carboxylic acids is 2. The van der Waals surface area contributed by atoms with Crippen LogP contribution < -0.4 is 5.73 Å². The van der Waals surface area contributed by atoms with Gasteiger partial charge in [0.15, 0.2) is 6.04 Å². The Kier molecular flexibility index (Phi) is 9.33. The Morgan fingerprint density at radius 1 is 1.14 bits per heavy atom. The van der Waals surface area contributed by atoms with E-state index in [0.29, 0.717) is 6.42 Å². The van der Waals surface area contributed by atoms with E-state index in [1.807, 2.05) is 0 Å². The molecule has 0 spiro atoms. The molecule has 2 heterocycles. The lowest BCUT2D eigenvalue weighted by molar-refractivity contribution is -0.188. The van der Waals surface area contributed by atoms with Gasteiger partial charge < -0.3 is 30.0 Å². The molecular formula is C16H24N6O6. The van der Waals surface area contributed by atoms with Crippen molar-refractivity contribution in [1.82, 2.24) is 19.1 Å². The highest BCUT2D eigenvalue weighted by molar-refractivity contribution is 5.75. The van der Waals surface area contributed by atoms with Gasteiger partial charge in [-0.05, 0) is 0 Å². The summed E-state index contributed by atoms with van der Waals surface area (Å²) in [5, 5.41) is 17.4. The smallest absolute Gasteiger partial charge is 0.328 e. The quantitative estimate of drug-likeness (QED) is 0.217. The number of aliphatic carboxylic acids is 2. The fraction of sp³-hybridized carbons (Fsp3) is 0.438. The van der Waals surface area contributed by atoms with Crippen molar-refractivity contribution in [3.8, 4) is 0 Å². The van der Waals surface area contributed by atoms with E-state index in [1.165, 1.54) is 7.11 Å². The number of hydrogen-bond acceptors (Lipinski definition) is 8. The van der Waals surface area contributed by atoms with Crippen LogP contribution in [0.1, 0.15) is 11.4 Å². The maximum Gasteiger partial charge on any atom is 0.328 e. The third kappa shape index (κ3) is 7.55. The number of hydrogen-bond donors (Lipinski definition) is 3. The summed E-state index contributed by atoms with van der Waals surface area (Å²) in [6.07, 6.45) is 7.95. The van der Waals surface area contributed by atoms with Crippen LogP contribution in [0.5, 0.6) is 0 Å². The normalized spacial score (nSPS) is 12.9. The molecule has 0 aliphatic heterocycles. The Morgan fingerprint density at radius 3 is 2.07 bits per heavy atom. The Bertz CT molecular complexity index is 786. The molecule has 2 aromatic rings. The molecular weight excluding hydrogens is 372 g/mol. The largest absolute Gasteiger partial charge is 0.480 e. The lowest BCUT2D eigenvalue weighted by Gasteiger charge is -2.07. The van der Waals surface area contributed by atoms with Crippen LogP contribution in [0, 0.1) is 0 Å². The van der Waals surface area contributed by atoms with E-state index in [0.717, 1.165) is 17.8 Å². The van der Waals surface area contributed by atoms with Gasteiger partial charge in [0.05, 0.1) is 19.8 Å². The monoisotopic (exact) mass is 396 g/mol. The minimum absolute atomic E-state index is 0.245. The van der Waals surface area contributed by atoms with Gasteiger partial charge in [0.2, 0.25) is 6.40 Å². The van der Waals surface area contributed by atoms with Crippen molar-refractivity contribution < 1.29 is 29.6 Å². The first kappa shape index (κ1) is 22.8. The number of carboxylic acid groups (broad SMARTS) is 2. The number of imidazole rings is 2. The summed E-state index contributed by atoms with van der Waals surface area (Å²) < 4.78 is 3.49. The van der Waals surface area contributed by atoms with Crippen molar-refractivity contribution in [1.29, 1.82) is 0 Å². The number of nitrogens with two attached hydrogens (primary N) is 1. The molecule has 2 rings (SSSR count). The van der Waals surface area contributed by atoms with Gasteiger partial charge in [-0.2, -0.15) is 4.89 Å².